The van der Waals surface area contributed by atoms with Gasteiger partial charge in [-0.1, -0.05) is 32.0 Å². The molecule has 1 heterocycles. The van der Waals surface area contributed by atoms with Crippen LogP contribution < -0.4 is 0 Å². The van der Waals surface area contributed by atoms with Crippen molar-refractivity contribution in [3.8, 4) is 0 Å². The van der Waals surface area contributed by atoms with Crippen LogP contribution >= 0.6 is 11.8 Å². The maximum Gasteiger partial charge on any atom is 0.396 e. The Morgan fingerprint density at radius 1 is 1.26 bits per heavy atom. The second-order valence-corrected chi connectivity index (χ2v) is 4.81. The molecule has 0 aromatic heterocycles. The van der Waals surface area contributed by atoms with Gasteiger partial charge in [0.1, 0.15) is 0 Å². The number of hydrogen-bond donors (Lipinski definition) is 0. The Balaban J connectivity index is 0.000000861. The maximum atomic E-state index is 11.7. The van der Waals surface area contributed by atoms with Gasteiger partial charge in [-0.25, -0.2) is 4.79 Å². The Bertz CT molecular complexity index is 448. The molecular weight excluding hydrogens is 262 g/mol. The average molecular weight is 281 g/mol. The lowest BCUT2D eigenvalue weighted by Crippen LogP contribution is -2.37. The fourth-order valence-electron chi connectivity index (χ4n) is 1.72. The number of rotatable bonds is 0. The van der Waals surface area contributed by atoms with Crippen molar-refractivity contribution in [2.45, 2.75) is 25.3 Å². The first-order valence-electron chi connectivity index (χ1n) is 6.30. The molecule has 1 aliphatic heterocycles. The lowest BCUT2D eigenvalue weighted by atomic mass is 10.2. The molecule has 0 saturated heterocycles. The summed E-state index contributed by atoms with van der Waals surface area (Å²) in [5, 5.41) is 0. The van der Waals surface area contributed by atoms with Gasteiger partial charge in [0.05, 0.1) is 7.11 Å². The largest absolute Gasteiger partial charge is 0.462 e. The minimum absolute atomic E-state index is 0.469. The highest BCUT2D eigenvalue weighted by Gasteiger charge is 2.24. The highest BCUT2D eigenvalue weighted by atomic mass is 32.2. The highest BCUT2D eigenvalue weighted by Crippen LogP contribution is 2.27. The van der Waals surface area contributed by atoms with Gasteiger partial charge in [0.25, 0.3) is 0 Å². The maximum absolute atomic E-state index is 11.7. The number of amides is 1. The molecule has 2 rings (SSSR count). The van der Waals surface area contributed by atoms with E-state index in [4.69, 9.17) is 0 Å². The number of carbonyl (C=O) groups excluding carboxylic acids is 2. The third-order valence-corrected chi connectivity index (χ3v) is 3.70. The van der Waals surface area contributed by atoms with Crippen LogP contribution in [0, 0.1) is 0 Å². The van der Waals surface area contributed by atoms with Crippen molar-refractivity contribution in [3.63, 3.8) is 0 Å². The lowest BCUT2D eigenvalue weighted by Gasteiger charge is -2.18. The van der Waals surface area contributed by atoms with Crippen LogP contribution in [0.1, 0.15) is 19.4 Å². The van der Waals surface area contributed by atoms with E-state index in [2.05, 4.69) is 4.74 Å². The van der Waals surface area contributed by atoms with Gasteiger partial charge in [-0.2, -0.15) is 0 Å². The minimum Gasteiger partial charge on any atom is -0.462 e. The fraction of sp³-hybridized carbons (Fsp3) is 0.429. The Morgan fingerprint density at radius 3 is 2.63 bits per heavy atom. The molecular formula is C14H19NO3S. The smallest absolute Gasteiger partial charge is 0.396 e. The number of hydrogen-bond acceptors (Lipinski definition) is 4. The summed E-state index contributed by atoms with van der Waals surface area (Å²) in [6.07, 6.45) is 0. The number of ether oxygens (including phenoxy) is 1. The standard InChI is InChI=1S/C12H13NO3S.C2H6/c1-16-12(15)11(14)13-6-7-17-10-5-3-2-4-9(10)8-13;1-2/h2-5H,6-8H2,1H3;1-2H3. The zero-order valence-electron chi connectivity index (χ0n) is 11.5. The van der Waals surface area contributed by atoms with Gasteiger partial charge < -0.3 is 9.64 Å². The molecule has 0 radical (unpaired) electrons. The van der Waals surface area contributed by atoms with Gasteiger partial charge in [0, 0.05) is 23.7 Å². The quantitative estimate of drug-likeness (QED) is 0.541. The number of nitrogens with zero attached hydrogens (tertiary/aromatic N) is 1. The average Bonchev–Trinajstić information content (AvgIpc) is 2.69. The first-order chi connectivity index (χ1) is 9.22. The van der Waals surface area contributed by atoms with E-state index in [1.54, 1.807) is 11.8 Å². The summed E-state index contributed by atoms with van der Waals surface area (Å²) in [4.78, 5) is 25.7. The molecule has 0 N–H and O–H groups in total. The third-order valence-electron chi connectivity index (χ3n) is 2.60. The van der Waals surface area contributed by atoms with Crippen LogP contribution in [0.4, 0.5) is 0 Å². The van der Waals surface area contributed by atoms with Crippen LogP contribution in [0.5, 0.6) is 0 Å². The number of fused-ring (bicyclic) bond motifs is 1. The van der Waals surface area contributed by atoms with Crippen LogP contribution in [0.15, 0.2) is 29.2 Å². The van der Waals surface area contributed by atoms with Crippen molar-refractivity contribution in [2.75, 3.05) is 19.4 Å². The first kappa shape index (κ1) is 15.6. The molecule has 0 bridgehead atoms. The summed E-state index contributed by atoms with van der Waals surface area (Å²) in [6.45, 7) is 5.03. The lowest BCUT2D eigenvalue weighted by molar-refractivity contribution is -0.158. The zero-order chi connectivity index (χ0) is 14.3. The van der Waals surface area contributed by atoms with E-state index in [0.717, 1.165) is 11.3 Å². The van der Waals surface area contributed by atoms with E-state index in [1.807, 2.05) is 38.1 Å². The van der Waals surface area contributed by atoms with E-state index in [0.29, 0.717) is 13.1 Å². The molecule has 0 saturated carbocycles. The van der Waals surface area contributed by atoms with E-state index >= 15 is 0 Å². The van der Waals surface area contributed by atoms with E-state index in [1.165, 1.54) is 16.9 Å². The van der Waals surface area contributed by atoms with Gasteiger partial charge in [-0.3, -0.25) is 4.79 Å². The van der Waals surface area contributed by atoms with Gasteiger partial charge in [0.15, 0.2) is 0 Å². The predicted octanol–water partition coefficient (Wildman–Crippen LogP) is 2.32. The Kier molecular flexibility index (Phi) is 6.42. The van der Waals surface area contributed by atoms with Crippen LogP contribution in [0.2, 0.25) is 0 Å². The number of esters is 1. The molecule has 104 valence electrons. The molecule has 5 heteroatoms. The molecule has 4 nitrogen and oxygen atoms in total. The van der Waals surface area contributed by atoms with Crippen LogP contribution in [-0.2, 0) is 20.9 Å². The molecule has 1 amide bonds. The van der Waals surface area contributed by atoms with Crippen molar-refractivity contribution in [1.29, 1.82) is 0 Å². The van der Waals surface area contributed by atoms with Crippen molar-refractivity contribution in [1.82, 2.24) is 4.90 Å². The predicted molar refractivity (Wildman–Crippen MR) is 75.9 cm³/mol. The van der Waals surface area contributed by atoms with E-state index in [9.17, 15) is 9.59 Å². The molecule has 0 atom stereocenters. The van der Waals surface area contributed by atoms with Crippen LogP contribution in [0.3, 0.4) is 0 Å². The molecule has 1 aliphatic rings. The monoisotopic (exact) mass is 281 g/mol. The molecule has 0 aliphatic carbocycles. The molecule has 0 spiro atoms. The molecule has 1 aromatic rings. The van der Waals surface area contributed by atoms with Crippen LogP contribution in [-0.4, -0.2) is 36.2 Å². The minimum atomic E-state index is -0.797. The summed E-state index contributed by atoms with van der Waals surface area (Å²) in [7, 11) is 1.22. The summed E-state index contributed by atoms with van der Waals surface area (Å²) < 4.78 is 4.46. The molecule has 19 heavy (non-hydrogen) atoms. The normalized spacial score (nSPS) is 13.5. The highest BCUT2D eigenvalue weighted by molar-refractivity contribution is 7.99. The van der Waals surface area contributed by atoms with Crippen molar-refractivity contribution in [2.24, 2.45) is 0 Å². The summed E-state index contributed by atoms with van der Waals surface area (Å²) in [6, 6.07) is 7.92. The molecule has 0 unspecified atom stereocenters. The van der Waals surface area contributed by atoms with Gasteiger partial charge in [-0.05, 0) is 11.6 Å². The van der Waals surface area contributed by atoms with Crippen molar-refractivity contribution < 1.29 is 14.3 Å². The summed E-state index contributed by atoms with van der Waals surface area (Å²) in [5.41, 5.74) is 1.08. The van der Waals surface area contributed by atoms with Gasteiger partial charge >= 0.3 is 11.9 Å². The third kappa shape index (κ3) is 3.99. The summed E-state index contributed by atoms with van der Waals surface area (Å²) in [5.74, 6) is -0.570. The molecule has 1 aromatic carbocycles. The number of methoxy groups -OCH3 is 1. The first-order valence-corrected chi connectivity index (χ1v) is 7.29. The summed E-state index contributed by atoms with van der Waals surface area (Å²) >= 11 is 1.70. The Morgan fingerprint density at radius 2 is 1.95 bits per heavy atom. The number of thioether (sulfide) groups is 1. The zero-order valence-corrected chi connectivity index (χ0v) is 12.3. The van der Waals surface area contributed by atoms with Crippen molar-refractivity contribution in [3.05, 3.63) is 29.8 Å². The van der Waals surface area contributed by atoms with Gasteiger partial charge in [-0.15, -0.1) is 11.8 Å². The molecule has 0 fully saturated rings. The van der Waals surface area contributed by atoms with E-state index in [-0.39, 0.29) is 0 Å². The van der Waals surface area contributed by atoms with Crippen molar-refractivity contribution >= 4 is 23.6 Å². The van der Waals surface area contributed by atoms with E-state index < -0.39 is 11.9 Å². The number of carbonyl (C=O) groups is 2. The van der Waals surface area contributed by atoms with Gasteiger partial charge in [0.2, 0.25) is 0 Å². The SMILES string of the molecule is CC.COC(=O)C(=O)N1CCSc2ccccc2C1. The Hall–Kier alpha value is -1.49. The Labute approximate surface area is 118 Å². The fourth-order valence-corrected chi connectivity index (χ4v) is 2.74. The van der Waals surface area contributed by atoms with Crippen LogP contribution in [0.25, 0.3) is 0 Å². The second-order valence-electron chi connectivity index (χ2n) is 3.67. The number of benzene rings is 1. The topological polar surface area (TPSA) is 46.6 Å². The second kappa shape index (κ2) is 7.84.